The smallest absolute Gasteiger partial charge is 0.417 e. The molecule has 4 nitrogen and oxygen atoms in total. The molecule has 1 aliphatic heterocycles. The maximum Gasteiger partial charge on any atom is 0.417 e. The Balaban J connectivity index is 1.56. The Morgan fingerprint density at radius 2 is 1.69 bits per heavy atom. The van der Waals surface area contributed by atoms with Gasteiger partial charge in [-0.1, -0.05) is 24.3 Å². The number of phenols is 1. The number of phenolic OH excluding ortho intramolecular Hbond substituents is 1. The number of halogens is 3. The van der Waals surface area contributed by atoms with E-state index in [1.807, 2.05) is 6.07 Å². The molecule has 2 aromatic carbocycles. The molecule has 150 valence electrons. The molecular formula is C22H18F3NO3. The van der Waals surface area contributed by atoms with Gasteiger partial charge in [-0.05, 0) is 54.3 Å². The Hall–Kier alpha value is -3.22. The zero-order valence-corrected chi connectivity index (χ0v) is 15.4. The third-order valence-electron chi connectivity index (χ3n) is 5.09. The number of rotatable bonds is 2. The number of amides is 1. The first-order valence-electron chi connectivity index (χ1n) is 9.19. The number of carbonyl (C=O) groups excluding carboxylic acids is 1. The van der Waals surface area contributed by atoms with Crippen molar-refractivity contribution in [2.75, 3.05) is 13.1 Å². The Labute approximate surface area is 165 Å². The summed E-state index contributed by atoms with van der Waals surface area (Å²) >= 11 is 0. The van der Waals surface area contributed by atoms with E-state index in [4.69, 9.17) is 4.42 Å². The maximum absolute atomic E-state index is 13.3. The summed E-state index contributed by atoms with van der Waals surface area (Å²) in [5.41, 5.74) is 1.15. The predicted molar refractivity (Wildman–Crippen MR) is 101 cm³/mol. The van der Waals surface area contributed by atoms with Crippen LogP contribution in [-0.4, -0.2) is 29.0 Å². The molecule has 0 atom stereocenters. The van der Waals surface area contributed by atoms with Gasteiger partial charge in [0.2, 0.25) is 0 Å². The normalized spacial score (nSPS) is 14.4. The molecule has 0 fully saturated rings. The van der Waals surface area contributed by atoms with Crippen LogP contribution in [-0.2, 0) is 19.0 Å². The van der Waals surface area contributed by atoms with Crippen LogP contribution in [0.3, 0.4) is 0 Å². The molecule has 0 saturated heterocycles. The lowest BCUT2D eigenvalue weighted by atomic mass is 10.0. The van der Waals surface area contributed by atoms with E-state index in [1.165, 1.54) is 30.3 Å². The average molecular weight is 401 g/mol. The molecule has 0 spiro atoms. The highest BCUT2D eigenvalue weighted by atomic mass is 19.4. The maximum atomic E-state index is 13.3. The number of hydrogen-bond acceptors (Lipinski definition) is 3. The second-order valence-electron chi connectivity index (χ2n) is 6.95. The van der Waals surface area contributed by atoms with Crippen LogP contribution in [0, 0.1) is 0 Å². The monoisotopic (exact) mass is 401 g/mol. The van der Waals surface area contributed by atoms with Crippen LogP contribution < -0.4 is 0 Å². The summed E-state index contributed by atoms with van der Waals surface area (Å²) in [6.45, 7) is 0.899. The topological polar surface area (TPSA) is 53.7 Å². The number of hydrogen-bond donors (Lipinski definition) is 1. The van der Waals surface area contributed by atoms with Crippen molar-refractivity contribution in [3.05, 3.63) is 77.0 Å². The molecule has 4 rings (SSSR count). The summed E-state index contributed by atoms with van der Waals surface area (Å²) in [5.74, 6) is -0.171. The van der Waals surface area contributed by atoms with E-state index in [-0.39, 0.29) is 28.7 Å². The molecule has 3 aromatic rings. The van der Waals surface area contributed by atoms with Gasteiger partial charge in [-0.25, -0.2) is 0 Å². The SMILES string of the molecule is O=C(c1ccc(-c2ccccc2C(F)(F)F)o1)N1CCc2ccc(O)cc2CC1. The summed E-state index contributed by atoms with van der Waals surface area (Å²) in [4.78, 5) is 14.5. The van der Waals surface area contributed by atoms with Gasteiger partial charge >= 0.3 is 6.18 Å². The molecular weight excluding hydrogens is 383 g/mol. The Morgan fingerprint density at radius 3 is 2.45 bits per heavy atom. The van der Waals surface area contributed by atoms with Gasteiger partial charge in [0.1, 0.15) is 11.5 Å². The highest BCUT2D eigenvalue weighted by Gasteiger charge is 2.34. The van der Waals surface area contributed by atoms with Gasteiger partial charge in [0.25, 0.3) is 5.91 Å². The van der Waals surface area contributed by atoms with Crippen LogP contribution in [0.15, 0.2) is 59.0 Å². The van der Waals surface area contributed by atoms with E-state index < -0.39 is 11.7 Å². The zero-order chi connectivity index (χ0) is 20.6. The molecule has 1 amide bonds. The van der Waals surface area contributed by atoms with Gasteiger partial charge in [0, 0.05) is 18.7 Å². The number of carbonyl (C=O) groups is 1. The highest BCUT2D eigenvalue weighted by Crippen LogP contribution is 2.37. The molecule has 0 bridgehead atoms. The Morgan fingerprint density at radius 1 is 0.966 bits per heavy atom. The second-order valence-corrected chi connectivity index (χ2v) is 6.95. The van der Waals surface area contributed by atoms with Crippen molar-refractivity contribution in [3.63, 3.8) is 0 Å². The molecule has 1 aliphatic rings. The van der Waals surface area contributed by atoms with E-state index in [2.05, 4.69) is 0 Å². The fourth-order valence-corrected chi connectivity index (χ4v) is 3.61. The number of benzene rings is 2. The highest BCUT2D eigenvalue weighted by molar-refractivity contribution is 5.92. The number of fused-ring (bicyclic) bond motifs is 1. The number of aromatic hydroxyl groups is 1. The van der Waals surface area contributed by atoms with Crippen LogP contribution in [0.2, 0.25) is 0 Å². The minimum atomic E-state index is -4.52. The summed E-state index contributed by atoms with van der Waals surface area (Å²) in [5, 5.41) is 9.65. The van der Waals surface area contributed by atoms with E-state index in [0.717, 1.165) is 17.2 Å². The summed E-state index contributed by atoms with van der Waals surface area (Å²) < 4.78 is 45.3. The second kappa shape index (κ2) is 7.31. The third kappa shape index (κ3) is 3.85. The van der Waals surface area contributed by atoms with Gasteiger partial charge in [-0.3, -0.25) is 4.79 Å². The quantitative estimate of drug-likeness (QED) is 0.664. The first-order valence-corrected chi connectivity index (χ1v) is 9.19. The van der Waals surface area contributed by atoms with Crippen molar-refractivity contribution in [1.29, 1.82) is 0 Å². The van der Waals surface area contributed by atoms with E-state index in [0.29, 0.717) is 25.9 Å². The fraction of sp³-hybridized carbons (Fsp3) is 0.227. The van der Waals surface area contributed by atoms with E-state index >= 15 is 0 Å². The zero-order valence-electron chi connectivity index (χ0n) is 15.4. The fourth-order valence-electron chi connectivity index (χ4n) is 3.61. The van der Waals surface area contributed by atoms with Crippen LogP contribution >= 0.6 is 0 Å². The molecule has 0 aliphatic carbocycles. The van der Waals surface area contributed by atoms with Crippen LogP contribution in [0.25, 0.3) is 11.3 Å². The number of alkyl halides is 3. The summed E-state index contributed by atoms with van der Waals surface area (Å²) in [7, 11) is 0. The van der Waals surface area contributed by atoms with Crippen molar-refractivity contribution in [2.45, 2.75) is 19.0 Å². The lowest BCUT2D eigenvalue weighted by Crippen LogP contribution is -2.33. The van der Waals surface area contributed by atoms with Crippen molar-refractivity contribution >= 4 is 5.91 Å². The van der Waals surface area contributed by atoms with Crippen LogP contribution in [0.4, 0.5) is 13.2 Å². The number of nitrogens with zero attached hydrogens (tertiary/aromatic N) is 1. The van der Waals surface area contributed by atoms with Crippen LogP contribution in [0.1, 0.15) is 27.2 Å². The molecule has 1 N–H and O–H groups in total. The van der Waals surface area contributed by atoms with E-state index in [1.54, 1.807) is 17.0 Å². The summed E-state index contributed by atoms with van der Waals surface area (Å²) in [6.07, 6.45) is -3.30. The largest absolute Gasteiger partial charge is 0.508 e. The lowest BCUT2D eigenvalue weighted by Gasteiger charge is -2.18. The molecule has 0 radical (unpaired) electrons. The number of furan rings is 1. The third-order valence-corrected chi connectivity index (χ3v) is 5.09. The Kier molecular flexibility index (Phi) is 4.82. The standard InChI is InChI=1S/C22H18F3NO3/c23-22(24,25)18-4-2-1-3-17(18)19-7-8-20(29-19)21(28)26-11-9-14-5-6-16(27)13-15(14)10-12-26/h1-8,13,27H,9-12H2. The van der Waals surface area contributed by atoms with Gasteiger partial charge in [0.05, 0.1) is 5.56 Å². The summed E-state index contributed by atoms with van der Waals surface area (Å²) in [6, 6.07) is 13.1. The van der Waals surface area contributed by atoms with Gasteiger partial charge in [-0.2, -0.15) is 13.2 Å². The van der Waals surface area contributed by atoms with Crippen molar-refractivity contribution in [3.8, 4) is 17.1 Å². The van der Waals surface area contributed by atoms with Crippen molar-refractivity contribution in [1.82, 2.24) is 4.90 Å². The van der Waals surface area contributed by atoms with Gasteiger partial charge < -0.3 is 14.4 Å². The molecule has 2 heterocycles. The molecule has 29 heavy (non-hydrogen) atoms. The first kappa shape index (κ1) is 19.1. The molecule has 0 unspecified atom stereocenters. The molecule has 0 saturated carbocycles. The minimum Gasteiger partial charge on any atom is -0.508 e. The first-order chi connectivity index (χ1) is 13.8. The van der Waals surface area contributed by atoms with Gasteiger partial charge in [0.15, 0.2) is 5.76 Å². The Bertz CT molecular complexity index is 1060. The lowest BCUT2D eigenvalue weighted by molar-refractivity contribution is -0.137. The van der Waals surface area contributed by atoms with Gasteiger partial charge in [-0.15, -0.1) is 0 Å². The van der Waals surface area contributed by atoms with Crippen molar-refractivity contribution in [2.24, 2.45) is 0 Å². The molecule has 7 heteroatoms. The van der Waals surface area contributed by atoms with Crippen LogP contribution in [0.5, 0.6) is 5.75 Å². The predicted octanol–water partition coefficient (Wildman–Crippen LogP) is 4.91. The average Bonchev–Trinajstić information content (AvgIpc) is 3.09. The van der Waals surface area contributed by atoms with E-state index in [9.17, 15) is 23.1 Å². The van der Waals surface area contributed by atoms with Crippen molar-refractivity contribution < 1.29 is 27.5 Å². The molecule has 1 aromatic heterocycles. The minimum absolute atomic E-state index is 0.00399.